The van der Waals surface area contributed by atoms with Crippen molar-refractivity contribution in [3.63, 3.8) is 0 Å². The van der Waals surface area contributed by atoms with Crippen LogP contribution in [0.2, 0.25) is 0 Å². The topological polar surface area (TPSA) is 75.6 Å². The van der Waals surface area contributed by atoms with Gasteiger partial charge in [0.15, 0.2) is 0 Å². The summed E-state index contributed by atoms with van der Waals surface area (Å²) in [6, 6.07) is 16.6. The fraction of sp³-hybridized carbons (Fsp3) is 0.364. The van der Waals surface area contributed by atoms with Crippen molar-refractivity contribution in [1.29, 1.82) is 0 Å². The molecule has 2 aromatic rings. The van der Waals surface area contributed by atoms with Crippen molar-refractivity contribution in [2.75, 3.05) is 5.32 Å². The lowest BCUT2D eigenvalue weighted by atomic mass is 9.65. The van der Waals surface area contributed by atoms with Gasteiger partial charge in [-0.15, -0.1) is 0 Å². The Morgan fingerprint density at radius 3 is 2.15 bits per heavy atom. The highest BCUT2D eigenvalue weighted by atomic mass is 16.5. The summed E-state index contributed by atoms with van der Waals surface area (Å²) in [6.07, 6.45) is 1.06. The number of aliphatic carboxylic acids is 1. The lowest BCUT2D eigenvalue weighted by Gasteiger charge is -2.37. The van der Waals surface area contributed by atoms with Crippen LogP contribution in [0.15, 0.2) is 54.6 Å². The van der Waals surface area contributed by atoms with Gasteiger partial charge in [-0.05, 0) is 61.6 Å². The molecule has 1 amide bonds. The van der Waals surface area contributed by atoms with Crippen LogP contribution in [-0.2, 0) is 9.59 Å². The SMILES string of the molecule is CC1(C)[C@@H](C(=O)Nc2ccc(Oc3ccccc3)cc2)CC[C@]1(C)C(=O)O. The van der Waals surface area contributed by atoms with Gasteiger partial charge in [-0.1, -0.05) is 32.0 Å². The van der Waals surface area contributed by atoms with E-state index < -0.39 is 16.8 Å². The van der Waals surface area contributed by atoms with E-state index in [1.165, 1.54) is 0 Å². The maximum absolute atomic E-state index is 12.8. The van der Waals surface area contributed by atoms with Crippen molar-refractivity contribution in [1.82, 2.24) is 0 Å². The zero-order valence-electron chi connectivity index (χ0n) is 15.9. The van der Waals surface area contributed by atoms with Crippen LogP contribution in [0, 0.1) is 16.7 Å². The molecule has 5 nitrogen and oxygen atoms in total. The van der Waals surface area contributed by atoms with Crippen LogP contribution < -0.4 is 10.1 Å². The van der Waals surface area contributed by atoms with Crippen molar-refractivity contribution in [3.8, 4) is 11.5 Å². The average molecular weight is 367 g/mol. The molecule has 0 bridgehead atoms. The first kappa shape index (κ1) is 19.0. The first-order chi connectivity index (χ1) is 12.7. The van der Waals surface area contributed by atoms with Crippen molar-refractivity contribution in [2.45, 2.75) is 33.6 Å². The summed E-state index contributed by atoms with van der Waals surface area (Å²) in [7, 11) is 0. The highest BCUT2D eigenvalue weighted by Gasteiger charge is 2.58. The summed E-state index contributed by atoms with van der Waals surface area (Å²) in [5.74, 6) is 0.0968. The minimum Gasteiger partial charge on any atom is -0.481 e. The van der Waals surface area contributed by atoms with E-state index in [2.05, 4.69) is 5.32 Å². The Bertz CT molecular complexity index is 829. The lowest BCUT2D eigenvalue weighted by molar-refractivity contribution is -0.154. The summed E-state index contributed by atoms with van der Waals surface area (Å²) in [5, 5.41) is 12.5. The monoisotopic (exact) mass is 367 g/mol. The zero-order chi connectivity index (χ0) is 19.7. The number of hydrogen-bond acceptors (Lipinski definition) is 3. The number of para-hydroxylation sites is 1. The molecular weight excluding hydrogens is 342 g/mol. The van der Waals surface area contributed by atoms with Crippen LogP contribution in [0.3, 0.4) is 0 Å². The van der Waals surface area contributed by atoms with Gasteiger partial charge in [-0.3, -0.25) is 9.59 Å². The van der Waals surface area contributed by atoms with E-state index in [0.29, 0.717) is 24.3 Å². The predicted octanol–water partition coefficient (Wildman–Crippen LogP) is 4.94. The van der Waals surface area contributed by atoms with E-state index in [0.717, 1.165) is 5.75 Å². The summed E-state index contributed by atoms with van der Waals surface area (Å²) in [5.41, 5.74) is -0.859. The summed E-state index contributed by atoms with van der Waals surface area (Å²) in [4.78, 5) is 24.5. The predicted molar refractivity (Wildman–Crippen MR) is 104 cm³/mol. The highest BCUT2D eigenvalue weighted by Crippen LogP contribution is 2.56. The Morgan fingerprint density at radius 2 is 1.59 bits per heavy atom. The Kier molecular flexibility index (Phi) is 4.96. The summed E-state index contributed by atoms with van der Waals surface area (Å²) in [6.45, 7) is 5.47. The summed E-state index contributed by atoms with van der Waals surface area (Å²) < 4.78 is 5.75. The quantitative estimate of drug-likeness (QED) is 0.784. The van der Waals surface area contributed by atoms with Gasteiger partial charge in [0.1, 0.15) is 11.5 Å². The molecule has 1 aliphatic rings. The minimum absolute atomic E-state index is 0.137. The zero-order valence-corrected chi connectivity index (χ0v) is 15.9. The molecule has 2 aromatic carbocycles. The fourth-order valence-electron chi connectivity index (χ4n) is 3.80. The standard InChI is InChI=1S/C22H25NO4/c1-21(2)18(13-14-22(21,3)20(25)26)19(24)23-15-9-11-17(12-10-15)27-16-7-5-4-6-8-16/h4-12,18H,13-14H2,1-3H3,(H,23,24)(H,25,26)/t18-,22-/m1/s1. The molecule has 1 saturated carbocycles. The van der Waals surface area contributed by atoms with Crippen LogP contribution in [0.1, 0.15) is 33.6 Å². The molecule has 2 N–H and O–H groups in total. The van der Waals surface area contributed by atoms with Gasteiger partial charge < -0.3 is 15.2 Å². The number of hydrogen-bond donors (Lipinski definition) is 2. The normalized spacial score (nSPS) is 23.6. The Labute approximate surface area is 159 Å². The molecule has 0 aromatic heterocycles. The van der Waals surface area contributed by atoms with Gasteiger partial charge >= 0.3 is 5.97 Å². The van der Waals surface area contributed by atoms with Gasteiger partial charge in [0.25, 0.3) is 0 Å². The largest absolute Gasteiger partial charge is 0.481 e. The molecule has 0 radical (unpaired) electrons. The smallest absolute Gasteiger partial charge is 0.309 e. The van der Waals surface area contributed by atoms with Crippen molar-refractivity contribution < 1.29 is 19.4 Å². The number of rotatable bonds is 5. The molecule has 3 rings (SSSR count). The number of amides is 1. The van der Waals surface area contributed by atoms with E-state index in [4.69, 9.17) is 4.74 Å². The van der Waals surface area contributed by atoms with Crippen molar-refractivity contribution in [2.24, 2.45) is 16.7 Å². The number of carboxylic acid groups (broad SMARTS) is 1. The van der Waals surface area contributed by atoms with Crippen LogP contribution in [0.25, 0.3) is 0 Å². The second-order valence-corrected chi connectivity index (χ2v) is 7.88. The third-order valence-electron chi connectivity index (χ3n) is 6.12. The van der Waals surface area contributed by atoms with Gasteiger partial charge in [0, 0.05) is 11.6 Å². The Hall–Kier alpha value is -2.82. The van der Waals surface area contributed by atoms with Gasteiger partial charge in [0.05, 0.1) is 5.41 Å². The highest BCUT2D eigenvalue weighted by molar-refractivity contribution is 5.94. The Balaban J connectivity index is 1.67. The number of benzene rings is 2. The van der Waals surface area contributed by atoms with Crippen molar-refractivity contribution >= 4 is 17.6 Å². The first-order valence-corrected chi connectivity index (χ1v) is 9.11. The molecule has 0 aliphatic heterocycles. The fourth-order valence-corrected chi connectivity index (χ4v) is 3.80. The molecule has 2 atom stereocenters. The molecule has 0 heterocycles. The summed E-state index contributed by atoms with van der Waals surface area (Å²) >= 11 is 0. The number of nitrogens with one attached hydrogen (secondary N) is 1. The van der Waals surface area contributed by atoms with Crippen molar-refractivity contribution in [3.05, 3.63) is 54.6 Å². The number of carboxylic acids is 1. The molecule has 142 valence electrons. The van der Waals surface area contributed by atoms with E-state index >= 15 is 0 Å². The second kappa shape index (κ2) is 7.06. The number of ether oxygens (including phenoxy) is 1. The van der Waals surface area contributed by atoms with E-state index in [1.807, 2.05) is 44.2 Å². The first-order valence-electron chi connectivity index (χ1n) is 9.11. The van der Waals surface area contributed by atoms with Crippen LogP contribution in [0.4, 0.5) is 5.69 Å². The van der Waals surface area contributed by atoms with Gasteiger partial charge in [-0.25, -0.2) is 0 Å². The van der Waals surface area contributed by atoms with Gasteiger partial charge in [0.2, 0.25) is 5.91 Å². The molecule has 27 heavy (non-hydrogen) atoms. The number of carbonyl (C=O) groups excluding carboxylic acids is 1. The minimum atomic E-state index is -0.900. The Morgan fingerprint density at radius 1 is 1.00 bits per heavy atom. The van der Waals surface area contributed by atoms with Crippen LogP contribution in [-0.4, -0.2) is 17.0 Å². The molecule has 0 saturated heterocycles. The molecule has 5 heteroatoms. The lowest BCUT2D eigenvalue weighted by Crippen LogP contribution is -2.43. The third-order valence-corrected chi connectivity index (χ3v) is 6.12. The number of carbonyl (C=O) groups is 2. The number of anilines is 1. The second-order valence-electron chi connectivity index (χ2n) is 7.88. The maximum Gasteiger partial charge on any atom is 0.309 e. The average Bonchev–Trinajstić information content (AvgIpc) is 2.88. The van der Waals surface area contributed by atoms with Gasteiger partial charge in [-0.2, -0.15) is 0 Å². The van der Waals surface area contributed by atoms with E-state index in [1.54, 1.807) is 31.2 Å². The molecular formula is C22H25NO4. The van der Waals surface area contributed by atoms with E-state index in [-0.39, 0.29) is 11.8 Å². The molecule has 0 unspecified atom stereocenters. The van der Waals surface area contributed by atoms with E-state index in [9.17, 15) is 14.7 Å². The molecule has 1 fully saturated rings. The van der Waals surface area contributed by atoms with Crippen LogP contribution >= 0.6 is 0 Å². The van der Waals surface area contributed by atoms with Crippen LogP contribution in [0.5, 0.6) is 11.5 Å². The molecule has 0 spiro atoms. The molecule has 1 aliphatic carbocycles. The maximum atomic E-state index is 12.8. The third kappa shape index (κ3) is 3.54.